The minimum atomic E-state index is -1.08. The van der Waals surface area contributed by atoms with E-state index in [-0.39, 0.29) is 21.1 Å². The van der Waals surface area contributed by atoms with E-state index in [4.69, 9.17) is 39.6 Å². The molecule has 0 aliphatic carbocycles. The molecular weight excluding hydrogens is 300 g/mol. The minimum absolute atomic E-state index is 0. The fourth-order valence-corrected chi connectivity index (χ4v) is 0. The summed E-state index contributed by atoms with van der Waals surface area (Å²) in [6.45, 7) is 0. The molecule has 0 bridgehead atoms. The van der Waals surface area contributed by atoms with E-state index in [1.165, 1.54) is 0 Å². The van der Waals surface area contributed by atoms with Gasteiger partial charge in [0.1, 0.15) is 0 Å². The molecule has 0 unspecified atom stereocenters. The van der Waals surface area contributed by atoms with E-state index in [0.29, 0.717) is 0 Å². The van der Waals surface area contributed by atoms with E-state index in [0.717, 1.165) is 70.9 Å². The van der Waals surface area contributed by atoms with Crippen molar-refractivity contribution in [3.8, 4) is 0 Å². The Balaban J connectivity index is -0.0000000369. The third kappa shape index (κ3) is 4130. The summed E-state index contributed by atoms with van der Waals surface area (Å²) >= 11 is 3.89. The average molecular weight is 300 g/mol. The maximum atomic E-state index is 8.89. The van der Waals surface area contributed by atoms with Crippen LogP contribution in [0.25, 0.3) is 0 Å². The van der Waals surface area contributed by atoms with Crippen LogP contribution in [0.1, 0.15) is 0 Å². The smallest absolute Gasteiger partial charge is 4.00 e. The van der Waals surface area contributed by atoms with Crippen molar-refractivity contribution in [1.29, 1.82) is 0 Å². The van der Waals surface area contributed by atoms with Gasteiger partial charge >= 0.3 is 150 Å². The second-order valence-corrected chi connectivity index (χ2v) is 1.97. The van der Waals surface area contributed by atoms with Crippen LogP contribution in [-0.4, -0.2) is 89.4 Å². The summed E-state index contributed by atoms with van der Waals surface area (Å²) in [5.74, 6) is 0. The zero-order chi connectivity index (χ0) is 14.3. The van der Waals surface area contributed by atoms with Gasteiger partial charge in [0.15, 0.2) is 0 Å². The summed E-state index contributed by atoms with van der Waals surface area (Å²) in [5, 5.41) is 35.6. The summed E-state index contributed by atoms with van der Waals surface area (Å²) < 4.78 is -4.33. The van der Waals surface area contributed by atoms with E-state index in [9.17, 15) is 0 Å². The largest absolute Gasteiger partial charge is 4.00 e. The predicted molar refractivity (Wildman–Crippen MR) is 44.6 cm³/mol. The van der Waals surface area contributed by atoms with Crippen LogP contribution in [0.5, 0.6) is 0 Å². The van der Waals surface area contributed by atoms with Gasteiger partial charge in [0.2, 0.25) is 0 Å². The predicted octanol–water partition coefficient (Wildman–Crippen LogP) is -6.01. The van der Waals surface area contributed by atoms with Crippen LogP contribution in [0.2, 0.25) is 0 Å². The summed E-state index contributed by atoms with van der Waals surface area (Å²) in [4.78, 5) is 35.6. The van der Waals surface area contributed by atoms with Crippen LogP contribution in [0, 0.1) is 0 Å². The van der Waals surface area contributed by atoms with Crippen molar-refractivity contribution < 1.29 is 60.7 Å². The van der Waals surface area contributed by atoms with Crippen LogP contribution < -0.4 is 20.4 Å². The summed E-state index contributed by atoms with van der Waals surface area (Å²) in [7, 11) is 0. The van der Waals surface area contributed by atoms with Crippen molar-refractivity contribution in [2.24, 2.45) is 0 Å². The maximum absolute atomic E-state index is 8.89. The first-order valence-electron chi connectivity index (χ1n) is 3.63. The monoisotopic (exact) mass is 302 g/mol. The van der Waals surface area contributed by atoms with Gasteiger partial charge in [0.05, 0.1) is 0 Å². The maximum Gasteiger partial charge on any atom is 4.00 e. The number of carbonyl (C=O) groups excluding carboxylic acids is 4. The fraction of sp³-hybridized carbons (Fsp3) is 0. The van der Waals surface area contributed by atoms with Gasteiger partial charge in [0, 0.05) is 0 Å². The molecule has 0 saturated carbocycles. The first-order valence-corrected chi connectivity index (χ1v) is 3.63. The SMILES string of the molecule is [Li][C](=O)[O-].[Li][C](=O)[O-].[Li][C](=O)[O-].[Li][C](=O)[O-].[Mo+4]. The van der Waals surface area contributed by atoms with Gasteiger partial charge in [-0.1, -0.05) is 0 Å². The first-order chi connectivity index (χ1) is 6.93. The summed E-state index contributed by atoms with van der Waals surface area (Å²) in [6.07, 6.45) is 0. The molecule has 0 spiro atoms. The van der Waals surface area contributed by atoms with Crippen molar-refractivity contribution >= 4 is 89.4 Å². The van der Waals surface area contributed by atoms with Gasteiger partial charge < -0.3 is 0 Å². The molecule has 0 heterocycles. The molecule has 0 radical (unpaired) electrons. The summed E-state index contributed by atoms with van der Waals surface area (Å²) in [6, 6.07) is 0. The first kappa shape index (κ1) is 30.8. The van der Waals surface area contributed by atoms with Gasteiger partial charge in [-0.05, 0) is 0 Å². The molecule has 74 valence electrons. The van der Waals surface area contributed by atoms with E-state index in [1.54, 1.807) is 0 Å². The molecule has 0 aromatic carbocycles. The molecule has 0 aromatic heterocycles. The van der Waals surface area contributed by atoms with Gasteiger partial charge in [0.25, 0.3) is 0 Å². The van der Waals surface area contributed by atoms with E-state index in [1.807, 2.05) is 0 Å². The Bertz CT molecular complexity index is 170. The molecule has 8 nitrogen and oxygen atoms in total. The van der Waals surface area contributed by atoms with Crippen LogP contribution in [0.3, 0.4) is 0 Å². The van der Waals surface area contributed by atoms with Gasteiger partial charge in [-0.3, -0.25) is 0 Å². The van der Waals surface area contributed by atoms with Gasteiger partial charge in [-0.25, -0.2) is 0 Å². The quantitative estimate of drug-likeness (QED) is 0.399. The Morgan fingerprint density at radius 3 is 0.529 bits per heavy atom. The van der Waals surface area contributed by atoms with Crippen LogP contribution in [0.4, 0.5) is 19.2 Å². The second-order valence-electron chi connectivity index (χ2n) is 1.97. The van der Waals surface area contributed by atoms with E-state index >= 15 is 0 Å². The molecular formula is C4Li4MoO8. The standard InChI is InChI=1S/4CO2.4Li.Mo/c4*2-1-3;;;;;/q4*-1;;;;;+4. The molecule has 0 atom stereocenters. The Morgan fingerprint density at radius 1 is 0.529 bits per heavy atom. The number of carbonyl (C=O) groups is 4. The van der Waals surface area contributed by atoms with Crippen molar-refractivity contribution in [2.75, 3.05) is 0 Å². The van der Waals surface area contributed by atoms with Crippen molar-refractivity contribution in [3.05, 3.63) is 0 Å². The number of hydrogen-bond donors (Lipinski definition) is 0. The third-order valence-corrected chi connectivity index (χ3v) is 0. The summed E-state index contributed by atoms with van der Waals surface area (Å²) in [5.41, 5.74) is 0. The minimum Gasteiger partial charge on any atom is 4.00 e. The fourth-order valence-electron chi connectivity index (χ4n) is 0. The zero-order valence-electron chi connectivity index (χ0n) is 9.67. The molecule has 0 aliphatic heterocycles. The van der Waals surface area contributed by atoms with Crippen molar-refractivity contribution in [3.63, 3.8) is 0 Å². The number of carboxylic acid groups (broad SMARTS) is 4. The molecule has 0 saturated heterocycles. The molecule has 0 aliphatic rings. The Kier molecular flexibility index (Phi) is 46.5. The molecule has 0 fully saturated rings. The molecule has 0 N–H and O–H groups in total. The molecule has 13 heteroatoms. The van der Waals surface area contributed by atoms with Gasteiger partial charge in [-0.15, -0.1) is 0 Å². The van der Waals surface area contributed by atoms with Gasteiger partial charge in [-0.2, -0.15) is 0 Å². The number of rotatable bonds is 0. The Hall–Kier alpha value is 0.958. The van der Waals surface area contributed by atoms with E-state index < -0.39 is 18.6 Å². The molecule has 0 rings (SSSR count). The molecule has 0 amide bonds. The number of hydrogen-bond acceptors (Lipinski definition) is 8. The average Bonchev–Trinajstić information content (AvgIpc) is 1.76. The normalized spacial score (nSPS) is 6.12. The molecule has 0 aromatic rings. The van der Waals surface area contributed by atoms with Crippen LogP contribution in [0.15, 0.2) is 0 Å². The van der Waals surface area contributed by atoms with Crippen LogP contribution in [-0.2, 0) is 21.1 Å². The van der Waals surface area contributed by atoms with Crippen LogP contribution >= 0.6 is 0 Å². The van der Waals surface area contributed by atoms with Crippen molar-refractivity contribution in [2.45, 2.75) is 0 Å². The van der Waals surface area contributed by atoms with E-state index in [2.05, 4.69) is 0 Å². The Morgan fingerprint density at radius 2 is 0.529 bits per heavy atom. The Labute approximate surface area is 148 Å². The van der Waals surface area contributed by atoms with Crippen molar-refractivity contribution in [1.82, 2.24) is 0 Å². The molecule has 17 heavy (non-hydrogen) atoms. The zero-order valence-corrected chi connectivity index (χ0v) is 11.7. The second kappa shape index (κ2) is 25.7. The topological polar surface area (TPSA) is 161 Å². The third-order valence-electron chi connectivity index (χ3n) is 0.